The lowest BCUT2D eigenvalue weighted by molar-refractivity contribution is 0.0745. The average Bonchev–Trinajstić information content (AvgIpc) is 3.05. The van der Waals surface area contributed by atoms with E-state index in [2.05, 4.69) is 16.5 Å². The van der Waals surface area contributed by atoms with Crippen molar-refractivity contribution in [3.05, 3.63) is 52.8 Å². The Morgan fingerprint density at radius 3 is 2.93 bits per heavy atom. The quantitative estimate of drug-likeness (QED) is 0.709. The SMILES string of the molecule is CCOCCCNC(=O)c1cc2n(n1)CCCN(Cc1cccc(C)c1)C2=O. The summed E-state index contributed by atoms with van der Waals surface area (Å²) in [6.07, 6.45) is 1.55. The zero-order valence-electron chi connectivity index (χ0n) is 16.6. The van der Waals surface area contributed by atoms with E-state index in [-0.39, 0.29) is 17.5 Å². The molecule has 28 heavy (non-hydrogen) atoms. The average molecular weight is 384 g/mol. The molecule has 7 nitrogen and oxygen atoms in total. The molecular weight excluding hydrogens is 356 g/mol. The molecule has 7 heteroatoms. The van der Waals surface area contributed by atoms with Gasteiger partial charge in [0.25, 0.3) is 11.8 Å². The standard InChI is InChI=1S/C21H28N4O3/c1-3-28-12-5-9-22-20(26)18-14-19-21(27)24(10-6-11-25(19)23-18)15-17-8-4-7-16(2)13-17/h4,7-8,13-14H,3,5-6,9-12,15H2,1-2H3,(H,22,26). The highest BCUT2D eigenvalue weighted by molar-refractivity contribution is 5.98. The Bertz CT molecular complexity index is 831. The number of carbonyl (C=O) groups excluding carboxylic acids is 2. The van der Waals surface area contributed by atoms with Gasteiger partial charge in [-0.05, 0) is 32.3 Å². The molecule has 2 heterocycles. The summed E-state index contributed by atoms with van der Waals surface area (Å²) >= 11 is 0. The van der Waals surface area contributed by atoms with Gasteiger partial charge in [-0.15, -0.1) is 0 Å². The van der Waals surface area contributed by atoms with Gasteiger partial charge in [-0.3, -0.25) is 14.3 Å². The summed E-state index contributed by atoms with van der Waals surface area (Å²) in [5, 5.41) is 7.19. The number of benzene rings is 1. The van der Waals surface area contributed by atoms with Crippen molar-refractivity contribution < 1.29 is 14.3 Å². The second kappa shape index (κ2) is 9.50. The van der Waals surface area contributed by atoms with Gasteiger partial charge in [0, 0.05) is 45.5 Å². The van der Waals surface area contributed by atoms with E-state index < -0.39 is 0 Å². The molecule has 2 amide bonds. The Balaban J connectivity index is 1.66. The molecule has 0 unspecified atom stereocenters. The van der Waals surface area contributed by atoms with Crippen LogP contribution in [-0.4, -0.2) is 52.8 Å². The van der Waals surface area contributed by atoms with Crippen LogP contribution in [0.4, 0.5) is 0 Å². The molecule has 0 bridgehead atoms. The van der Waals surface area contributed by atoms with Crippen LogP contribution in [0.5, 0.6) is 0 Å². The number of nitrogens with zero attached hydrogens (tertiary/aromatic N) is 3. The predicted octanol–water partition coefficient (Wildman–Crippen LogP) is 2.39. The molecule has 3 rings (SSSR count). The number of carbonyl (C=O) groups is 2. The van der Waals surface area contributed by atoms with Crippen molar-refractivity contribution >= 4 is 11.8 Å². The van der Waals surface area contributed by atoms with E-state index in [1.165, 1.54) is 5.56 Å². The third kappa shape index (κ3) is 4.98. The van der Waals surface area contributed by atoms with Gasteiger partial charge >= 0.3 is 0 Å². The first-order valence-electron chi connectivity index (χ1n) is 9.87. The summed E-state index contributed by atoms with van der Waals surface area (Å²) in [4.78, 5) is 27.2. The predicted molar refractivity (Wildman–Crippen MR) is 106 cm³/mol. The minimum absolute atomic E-state index is 0.0816. The first kappa shape index (κ1) is 20.1. The molecule has 0 saturated heterocycles. The van der Waals surface area contributed by atoms with Crippen molar-refractivity contribution in [3.8, 4) is 0 Å². The number of fused-ring (bicyclic) bond motifs is 1. The number of aromatic nitrogens is 2. The molecule has 0 saturated carbocycles. The fourth-order valence-electron chi connectivity index (χ4n) is 3.34. The van der Waals surface area contributed by atoms with Crippen LogP contribution in [-0.2, 0) is 17.8 Å². The lowest BCUT2D eigenvalue weighted by Crippen LogP contribution is -2.30. The number of ether oxygens (including phenoxy) is 1. The van der Waals surface area contributed by atoms with Crippen molar-refractivity contribution in [2.75, 3.05) is 26.3 Å². The van der Waals surface area contributed by atoms with E-state index in [9.17, 15) is 9.59 Å². The van der Waals surface area contributed by atoms with E-state index in [0.29, 0.717) is 45.1 Å². The van der Waals surface area contributed by atoms with Crippen molar-refractivity contribution in [2.24, 2.45) is 0 Å². The number of hydrogen-bond donors (Lipinski definition) is 1. The van der Waals surface area contributed by atoms with E-state index >= 15 is 0 Å². The molecule has 0 aliphatic carbocycles. The zero-order valence-corrected chi connectivity index (χ0v) is 16.6. The molecule has 150 valence electrons. The van der Waals surface area contributed by atoms with Crippen LogP contribution in [0.2, 0.25) is 0 Å². The van der Waals surface area contributed by atoms with Crippen molar-refractivity contribution in [1.82, 2.24) is 20.0 Å². The maximum Gasteiger partial charge on any atom is 0.272 e. The number of amides is 2. The van der Waals surface area contributed by atoms with E-state index in [4.69, 9.17) is 4.74 Å². The topological polar surface area (TPSA) is 76.5 Å². The normalized spacial score (nSPS) is 13.9. The smallest absolute Gasteiger partial charge is 0.272 e. The molecule has 1 aromatic heterocycles. The Morgan fingerprint density at radius 1 is 1.29 bits per heavy atom. The lowest BCUT2D eigenvalue weighted by atomic mass is 10.1. The maximum absolute atomic E-state index is 13.0. The fourth-order valence-corrected chi connectivity index (χ4v) is 3.34. The first-order chi connectivity index (χ1) is 13.6. The van der Waals surface area contributed by atoms with E-state index in [1.807, 2.05) is 36.9 Å². The summed E-state index contributed by atoms with van der Waals surface area (Å²) in [5.41, 5.74) is 3.04. The largest absolute Gasteiger partial charge is 0.382 e. The summed E-state index contributed by atoms with van der Waals surface area (Å²) in [6, 6.07) is 9.78. The number of nitrogens with one attached hydrogen (secondary N) is 1. The van der Waals surface area contributed by atoms with Gasteiger partial charge in [0.1, 0.15) is 5.69 Å². The van der Waals surface area contributed by atoms with Crippen molar-refractivity contribution in [3.63, 3.8) is 0 Å². The second-order valence-electron chi connectivity index (χ2n) is 7.01. The molecule has 0 radical (unpaired) electrons. The van der Waals surface area contributed by atoms with Gasteiger partial charge < -0.3 is 15.0 Å². The van der Waals surface area contributed by atoms with Crippen LogP contribution in [0.15, 0.2) is 30.3 Å². The summed E-state index contributed by atoms with van der Waals surface area (Å²) in [5.74, 6) is -0.336. The van der Waals surface area contributed by atoms with Gasteiger partial charge in [-0.1, -0.05) is 29.8 Å². The van der Waals surface area contributed by atoms with Crippen molar-refractivity contribution in [2.45, 2.75) is 39.8 Å². The second-order valence-corrected chi connectivity index (χ2v) is 7.01. The fraction of sp³-hybridized carbons (Fsp3) is 0.476. The van der Waals surface area contributed by atoms with Crippen LogP contribution in [0, 0.1) is 6.92 Å². The molecule has 0 fully saturated rings. The third-order valence-corrected chi connectivity index (χ3v) is 4.73. The molecule has 1 aromatic carbocycles. The zero-order chi connectivity index (χ0) is 19.9. The summed E-state index contributed by atoms with van der Waals surface area (Å²) in [7, 11) is 0. The lowest BCUT2D eigenvalue weighted by Gasteiger charge is -2.20. The molecular formula is C21H28N4O3. The molecule has 0 spiro atoms. The maximum atomic E-state index is 13.0. The van der Waals surface area contributed by atoms with E-state index in [0.717, 1.165) is 18.4 Å². The van der Waals surface area contributed by atoms with Gasteiger partial charge in [-0.2, -0.15) is 5.10 Å². The number of aryl methyl sites for hydroxylation is 2. The summed E-state index contributed by atoms with van der Waals surface area (Å²) in [6.45, 7) is 7.65. The molecule has 2 aromatic rings. The highest BCUT2D eigenvalue weighted by atomic mass is 16.5. The van der Waals surface area contributed by atoms with E-state index in [1.54, 1.807) is 10.7 Å². The monoisotopic (exact) mass is 384 g/mol. The number of hydrogen-bond acceptors (Lipinski definition) is 4. The number of rotatable bonds is 8. The minimum atomic E-state index is -0.255. The summed E-state index contributed by atoms with van der Waals surface area (Å²) < 4.78 is 6.92. The van der Waals surface area contributed by atoms with Gasteiger partial charge in [-0.25, -0.2) is 0 Å². The van der Waals surface area contributed by atoms with Gasteiger partial charge in [0.2, 0.25) is 0 Å². The van der Waals surface area contributed by atoms with Gasteiger partial charge in [0.15, 0.2) is 5.69 Å². The Labute approximate surface area is 165 Å². The Morgan fingerprint density at radius 2 is 2.14 bits per heavy atom. The molecule has 1 aliphatic heterocycles. The van der Waals surface area contributed by atoms with Crippen molar-refractivity contribution in [1.29, 1.82) is 0 Å². The van der Waals surface area contributed by atoms with Crippen LogP contribution in [0.25, 0.3) is 0 Å². The van der Waals surface area contributed by atoms with Crippen LogP contribution in [0.1, 0.15) is 51.9 Å². The Kier molecular flexibility index (Phi) is 6.81. The first-order valence-corrected chi connectivity index (χ1v) is 9.87. The highest BCUT2D eigenvalue weighted by Gasteiger charge is 2.26. The molecule has 0 atom stereocenters. The minimum Gasteiger partial charge on any atom is -0.382 e. The highest BCUT2D eigenvalue weighted by Crippen LogP contribution is 2.17. The third-order valence-electron chi connectivity index (χ3n) is 4.73. The van der Waals surface area contributed by atoms with Crippen LogP contribution < -0.4 is 5.32 Å². The molecule has 1 N–H and O–H groups in total. The Hall–Kier alpha value is -2.67. The van der Waals surface area contributed by atoms with Crippen LogP contribution >= 0.6 is 0 Å². The van der Waals surface area contributed by atoms with Gasteiger partial charge in [0.05, 0.1) is 0 Å². The molecule has 1 aliphatic rings. The van der Waals surface area contributed by atoms with Crippen LogP contribution in [0.3, 0.4) is 0 Å².